The molecule has 3 heterocycles. The summed E-state index contributed by atoms with van der Waals surface area (Å²) in [4.78, 5) is 6.94. The predicted molar refractivity (Wildman–Crippen MR) is 114 cm³/mol. The van der Waals surface area contributed by atoms with E-state index < -0.39 is 0 Å². The summed E-state index contributed by atoms with van der Waals surface area (Å²) in [6.45, 7) is 5.52. The van der Waals surface area contributed by atoms with Gasteiger partial charge >= 0.3 is 0 Å². The lowest BCUT2D eigenvalue weighted by molar-refractivity contribution is 0.461. The van der Waals surface area contributed by atoms with Gasteiger partial charge < -0.3 is 19.4 Å². The van der Waals surface area contributed by atoms with Gasteiger partial charge in [0.05, 0.1) is 11.6 Å². The second kappa shape index (κ2) is 9.96. The monoisotopic (exact) mass is 405 g/mol. The van der Waals surface area contributed by atoms with E-state index in [-0.39, 0.29) is 0 Å². The van der Waals surface area contributed by atoms with Gasteiger partial charge in [0.25, 0.3) is 0 Å². The van der Waals surface area contributed by atoms with Gasteiger partial charge in [-0.15, -0.1) is 10.2 Å². The second-order valence-corrected chi connectivity index (χ2v) is 7.89. The van der Waals surface area contributed by atoms with E-state index in [1.807, 2.05) is 19.3 Å². The Kier molecular flexibility index (Phi) is 7.36. The van der Waals surface area contributed by atoms with Crippen molar-refractivity contribution >= 4 is 17.6 Å². The zero-order valence-electron chi connectivity index (χ0n) is 17.3. The summed E-state index contributed by atoms with van der Waals surface area (Å²) in [7, 11) is 4.07. The van der Waals surface area contributed by atoms with Crippen LogP contribution in [0.15, 0.2) is 17.3 Å². The summed E-state index contributed by atoms with van der Waals surface area (Å²) in [5.41, 5.74) is 1.16. The molecule has 3 rings (SSSR count). The molecule has 7 nitrogen and oxygen atoms in total. The number of halogens is 1. The molecule has 0 radical (unpaired) electrons. The maximum atomic E-state index is 6.10. The molecule has 0 bridgehead atoms. The molecule has 1 aliphatic heterocycles. The number of aliphatic imine (C=N–C) groups is 1. The summed E-state index contributed by atoms with van der Waals surface area (Å²) in [5.74, 6) is 3.19. The van der Waals surface area contributed by atoms with Crippen molar-refractivity contribution in [2.75, 3.05) is 20.1 Å². The van der Waals surface area contributed by atoms with Crippen molar-refractivity contribution in [3.8, 4) is 0 Å². The zero-order chi connectivity index (χ0) is 19.9. The van der Waals surface area contributed by atoms with Crippen LogP contribution in [0.4, 0.5) is 0 Å². The molecule has 0 fully saturated rings. The number of nitrogens with zero attached hydrogens (tertiary/aromatic N) is 6. The third-order valence-corrected chi connectivity index (χ3v) is 5.38. The van der Waals surface area contributed by atoms with Crippen molar-refractivity contribution in [1.82, 2.24) is 29.5 Å². The zero-order valence-corrected chi connectivity index (χ0v) is 18.0. The molecule has 154 valence electrons. The van der Waals surface area contributed by atoms with Crippen molar-refractivity contribution in [2.24, 2.45) is 12.0 Å². The van der Waals surface area contributed by atoms with Gasteiger partial charge in [-0.3, -0.25) is 4.99 Å². The summed E-state index contributed by atoms with van der Waals surface area (Å²) in [6.07, 6.45) is 8.63. The Labute approximate surface area is 172 Å². The van der Waals surface area contributed by atoms with Crippen LogP contribution >= 0.6 is 11.6 Å². The number of hydrogen-bond acceptors (Lipinski definition) is 3. The Balaban J connectivity index is 1.56. The number of fused-ring (bicyclic) bond motifs is 1. The molecule has 8 heteroatoms. The highest BCUT2D eigenvalue weighted by atomic mass is 35.5. The van der Waals surface area contributed by atoms with Gasteiger partial charge in [0, 0.05) is 58.5 Å². The third kappa shape index (κ3) is 5.28. The highest BCUT2D eigenvalue weighted by Crippen LogP contribution is 2.16. The first-order chi connectivity index (χ1) is 13.6. The van der Waals surface area contributed by atoms with Gasteiger partial charge in [-0.05, 0) is 32.3 Å². The summed E-state index contributed by atoms with van der Waals surface area (Å²) >= 11 is 6.10. The normalized spacial score (nSPS) is 14.6. The van der Waals surface area contributed by atoms with Crippen molar-refractivity contribution in [1.29, 1.82) is 0 Å². The molecule has 0 saturated heterocycles. The average Bonchev–Trinajstić information content (AvgIpc) is 3.09. The third-order valence-electron chi connectivity index (χ3n) is 5.18. The van der Waals surface area contributed by atoms with E-state index in [2.05, 4.69) is 43.5 Å². The van der Waals surface area contributed by atoms with Crippen molar-refractivity contribution in [3.05, 3.63) is 34.6 Å². The standard InChI is InChI=1S/C20H32ClN7/c1-4-22-20(27(3)15-17-13-16(21)14-26(17)2)23-11-8-10-19-25-24-18-9-6-5-7-12-28(18)19/h13-14H,4-12,15H2,1-3H3,(H,22,23). The molecule has 28 heavy (non-hydrogen) atoms. The quantitative estimate of drug-likeness (QED) is 0.437. The van der Waals surface area contributed by atoms with E-state index in [4.69, 9.17) is 16.6 Å². The highest BCUT2D eigenvalue weighted by Gasteiger charge is 2.14. The number of nitrogens with one attached hydrogen (secondary N) is 1. The molecule has 1 N–H and O–H groups in total. The van der Waals surface area contributed by atoms with Gasteiger partial charge in [0.15, 0.2) is 5.96 Å². The molecular weight excluding hydrogens is 374 g/mol. The molecule has 2 aromatic rings. The predicted octanol–water partition coefficient (Wildman–Crippen LogP) is 3.03. The topological polar surface area (TPSA) is 63.3 Å². The van der Waals surface area contributed by atoms with Crippen LogP contribution in [0, 0.1) is 0 Å². The fraction of sp³-hybridized carbons (Fsp3) is 0.650. The molecule has 0 spiro atoms. The van der Waals surface area contributed by atoms with E-state index in [1.165, 1.54) is 19.3 Å². The SMILES string of the molecule is CCNC(=NCCCc1nnc2n1CCCCC2)N(C)Cc1cc(Cl)cn1C. The minimum Gasteiger partial charge on any atom is -0.357 e. The maximum absolute atomic E-state index is 6.10. The lowest BCUT2D eigenvalue weighted by atomic mass is 10.2. The molecule has 0 aromatic carbocycles. The van der Waals surface area contributed by atoms with Crippen LogP contribution in [0.5, 0.6) is 0 Å². The molecular formula is C20H32ClN7. The van der Waals surface area contributed by atoms with Crippen molar-refractivity contribution in [2.45, 2.75) is 58.5 Å². The molecule has 1 aliphatic rings. The Morgan fingerprint density at radius 1 is 1.32 bits per heavy atom. The van der Waals surface area contributed by atoms with Gasteiger partial charge in [-0.2, -0.15) is 0 Å². The first kappa shape index (κ1) is 20.7. The van der Waals surface area contributed by atoms with Crippen LogP contribution in [0.3, 0.4) is 0 Å². The van der Waals surface area contributed by atoms with Crippen LogP contribution < -0.4 is 5.32 Å². The minimum absolute atomic E-state index is 0.757. The van der Waals surface area contributed by atoms with Crippen LogP contribution in [-0.2, 0) is 33.0 Å². The molecule has 0 saturated carbocycles. The first-order valence-electron chi connectivity index (χ1n) is 10.3. The van der Waals surface area contributed by atoms with Crippen molar-refractivity contribution in [3.63, 3.8) is 0 Å². The largest absolute Gasteiger partial charge is 0.357 e. The Hall–Kier alpha value is -2.02. The van der Waals surface area contributed by atoms with E-state index in [0.29, 0.717) is 0 Å². The van der Waals surface area contributed by atoms with Gasteiger partial charge in [0.2, 0.25) is 0 Å². The summed E-state index contributed by atoms with van der Waals surface area (Å²) in [6, 6.07) is 2.00. The van der Waals surface area contributed by atoms with Crippen LogP contribution in [-0.4, -0.2) is 50.3 Å². The number of rotatable bonds is 7. The average molecular weight is 406 g/mol. The van der Waals surface area contributed by atoms with Crippen molar-refractivity contribution < 1.29 is 0 Å². The Morgan fingerprint density at radius 3 is 2.93 bits per heavy atom. The lowest BCUT2D eigenvalue weighted by Gasteiger charge is -2.22. The number of hydrogen-bond donors (Lipinski definition) is 1. The number of guanidine groups is 1. The van der Waals surface area contributed by atoms with Crippen LogP contribution in [0.25, 0.3) is 0 Å². The Morgan fingerprint density at radius 2 is 2.18 bits per heavy atom. The maximum Gasteiger partial charge on any atom is 0.194 e. The fourth-order valence-electron chi connectivity index (χ4n) is 3.66. The van der Waals surface area contributed by atoms with Gasteiger partial charge in [-0.1, -0.05) is 18.0 Å². The Bertz CT molecular complexity index is 793. The fourth-order valence-corrected chi connectivity index (χ4v) is 3.94. The molecule has 0 atom stereocenters. The molecule has 0 unspecified atom stereocenters. The van der Waals surface area contributed by atoms with E-state index >= 15 is 0 Å². The number of aryl methyl sites for hydroxylation is 3. The summed E-state index contributed by atoms with van der Waals surface area (Å²) < 4.78 is 4.38. The van der Waals surface area contributed by atoms with E-state index in [1.54, 1.807) is 0 Å². The molecule has 2 aromatic heterocycles. The summed E-state index contributed by atoms with van der Waals surface area (Å²) in [5, 5.41) is 13.0. The van der Waals surface area contributed by atoms with E-state index in [0.717, 1.165) is 73.8 Å². The molecule has 0 aliphatic carbocycles. The smallest absolute Gasteiger partial charge is 0.194 e. The number of aromatic nitrogens is 4. The van der Waals surface area contributed by atoms with E-state index in [9.17, 15) is 0 Å². The van der Waals surface area contributed by atoms with Crippen LogP contribution in [0.1, 0.15) is 49.9 Å². The molecule has 0 amide bonds. The van der Waals surface area contributed by atoms with Gasteiger partial charge in [-0.25, -0.2) is 0 Å². The second-order valence-electron chi connectivity index (χ2n) is 7.45. The first-order valence-corrected chi connectivity index (χ1v) is 10.7. The minimum atomic E-state index is 0.757. The van der Waals surface area contributed by atoms with Crippen LogP contribution in [0.2, 0.25) is 5.02 Å². The van der Waals surface area contributed by atoms with Gasteiger partial charge in [0.1, 0.15) is 11.6 Å². The highest BCUT2D eigenvalue weighted by molar-refractivity contribution is 6.30. The lowest BCUT2D eigenvalue weighted by Crippen LogP contribution is -2.38.